The molecule has 3 aromatic rings. The van der Waals surface area contributed by atoms with E-state index in [4.69, 9.17) is 4.52 Å². The molecule has 0 unspecified atom stereocenters. The number of benzene rings is 2. The zero-order chi connectivity index (χ0) is 22.3. The van der Waals surface area contributed by atoms with Crippen molar-refractivity contribution in [3.63, 3.8) is 0 Å². The molecule has 1 aliphatic heterocycles. The van der Waals surface area contributed by atoms with Crippen LogP contribution in [0, 0.1) is 5.92 Å². The highest BCUT2D eigenvalue weighted by atomic mass is 32.2. The van der Waals surface area contributed by atoms with Gasteiger partial charge in [0, 0.05) is 36.0 Å². The number of aromatic nitrogens is 2. The van der Waals surface area contributed by atoms with Gasteiger partial charge in [0.1, 0.15) is 0 Å². The maximum Gasteiger partial charge on any atom is 0.305 e. The second-order valence-electron chi connectivity index (χ2n) is 7.62. The third kappa shape index (κ3) is 5.47. The minimum absolute atomic E-state index is 0.0441. The number of carbonyl (C=O) groups excluding carboxylic acids is 2. The fourth-order valence-electron chi connectivity index (χ4n) is 3.40. The number of carbonyl (C=O) groups is 2. The highest BCUT2D eigenvalue weighted by Crippen LogP contribution is 2.17. The molecule has 1 aliphatic rings. The van der Waals surface area contributed by atoms with Gasteiger partial charge in [0.2, 0.25) is 16.3 Å². The molecule has 8 nitrogen and oxygen atoms in total. The van der Waals surface area contributed by atoms with Crippen LogP contribution in [0.1, 0.15) is 17.3 Å². The van der Waals surface area contributed by atoms with Gasteiger partial charge in [-0.15, -0.1) is 5.01 Å². The van der Waals surface area contributed by atoms with Gasteiger partial charge in [-0.1, -0.05) is 67.2 Å². The summed E-state index contributed by atoms with van der Waals surface area (Å²) in [6.07, 6.45) is 1.67. The van der Waals surface area contributed by atoms with Crippen LogP contribution in [0.25, 0.3) is 0 Å². The number of amides is 1. The Morgan fingerprint density at radius 3 is 2.41 bits per heavy atom. The zero-order valence-corrected chi connectivity index (χ0v) is 18.7. The van der Waals surface area contributed by atoms with Crippen LogP contribution >= 0.6 is 11.8 Å². The molecule has 0 bridgehead atoms. The average Bonchev–Trinajstić information content (AvgIpc) is 3.32. The predicted molar refractivity (Wildman–Crippen MR) is 124 cm³/mol. The smallest absolute Gasteiger partial charge is 0.305 e. The molecule has 1 saturated heterocycles. The van der Waals surface area contributed by atoms with E-state index in [0.29, 0.717) is 11.3 Å². The largest absolute Gasteiger partial charge is 0.368 e. The average molecular weight is 453 g/mol. The minimum Gasteiger partial charge on any atom is -0.368 e. The molecule has 0 aliphatic carbocycles. The molecule has 32 heavy (non-hydrogen) atoms. The van der Waals surface area contributed by atoms with Gasteiger partial charge in [0.05, 0.1) is 17.9 Å². The SMILES string of the molecule is C[C@H](CSC(=O)c1ccccc1)C(=O)Nc1c[n+](N2CCN(c3ccccc3)CC2)no1. The Morgan fingerprint density at radius 1 is 1.06 bits per heavy atom. The van der Waals surface area contributed by atoms with Crippen molar-refractivity contribution in [2.45, 2.75) is 6.92 Å². The first-order valence-electron chi connectivity index (χ1n) is 10.6. The summed E-state index contributed by atoms with van der Waals surface area (Å²) in [6, 6.07) is 19.4. The molecular weight excluding hydrogens is 426 g/mol. The molecule has 1 fully saturated rings. The van der Waals surface area contributed by atoms with Gasteiger partial charge in [0.25, 0.3) is 6.20 Å². The quantitative estimate of drug-likeness (QED) is 0.552. The van der Waals surface area contributed by atoms with Crippen LogP contribution < -0.4 is 20.0 Å². The second kappa shape index (κ2) is 10.3. The van der Waals surface area contributed by atoms with Gasteiger partial charge < -0.3 is 4.90 Å². The van der Waals surface area contributed by atoms with Crippen molar-refractivity contribution < 1.29 is 18.9 Å². The van der Waals surface area contributed by atoms with Crippen molar-refractivity contribution in [3.05, 3.63) is 72.4 Å². The third-order valence-corrected chi connectivity index (χ3v) is 6.46. The van der Waals surface area contributed by atoms with Crippen molar-refractivity contribution in [1.82, 2.24) is 5.27 Å². The first kappa shape index (κ1) is 21.9. The van der Waals surface area contributed by atoms with Crippen LogP contribution in [0.4, 0.5) is 11.6 Å². The monoisotopic (exact) mass is 452 g/mol. The van der Waals surface area contributed by atoms with E-state index in [0.717, 1.165) is 37.9 Å². The summed E-state index contributed by atoms with van der Waals surface area (Å²) in [6.45, 7) is 5.10. The van der Waals surface area contributed by atoms with Gasteiger partial charge in [0.15, 0.2) is 0 Å². The molecule has 9 heteroatoms. The summed E-state index contributed by atoms with van der Waals surface area (Å²) in [5.41, 5.74) is 1.84. The van der Waals surface area contributed by atoms with Crippen LogP contribution in [0.5, 0.6) is 0 Å². The molecule has 1 amide bonds. The number of nitrogens with zero attached hydrogens (tertiary/aromatic N) is 4. The Labute approximate surface area is 191 Å². The molecule has 2 aromatic carbocycles. The zero-order valence-electron chi connectivity index (χ0n) is 17.9. The number of nitrogens with one attached hydrogen (secondary N) is 1. The fraction of sp³-hybridized carbons (Fsp3) is 0.304. The Balaban J connectivity index is 1.25. The number of thioether (sulfide) groups is 1. The van der Waals surface area contributed by atoms with E-state index < -0.39 is 0 Å². The van der Waals surface area contributed by atoms with Crippen LogP contribution in [-0.4, -0.2) is 48.2 Å². The van der Waals surface area contributed by atoms with Gasteiger partial charge in [-0.3, -0.25) is 19.4 Å². The Hall–Kier alpha value is -3.33. The molecular formula is C23H26N5O3S+. The van der Waals surface area contributed by atoms with E-state index in [1.54, 1.807) is 30.0 Å². The van der Waals surface area contributed by atoms with E-state index >= 15 is 0 Å². The number of piperazine rings is 1. The lowest BCUT2D eigenvalue weighted by Gasteiger charge is -2.31. The van der Waals surface area contributed by atoms with Gasteiger partial charge in [-0.2, -0.15) is 0 Å². The first-order valence-corrected chi connectivity index (χ1v) is 11.6. The van der Waals surface area contributed by atoms with Gasteiger partial charge in [-0.05, 0) is 12.1 Å². The first-order chi connectivity index (χ1) is 15.6. The maximum absolute atomic E-state index is 12.5. The number of para-hydroxylation sites is 1. The fourth-order valence-corrected chi connectivity index (χ4v) is 4.26. The van der Waals surface area contributed by atoms with Crippen LogP contribution in [0.3, 0.4) is 0 Å². The van der Waals surface area contributed by atoms with Crippen LogP contribution in [0.15, 0.2) is 71.4 Å². The number of hydrogen-bond donors (Lipinski definition) is 1. The molecule has 1 atom stereocenters. The summed E-state index contributed by atoms with van der Waals surface area (Å²) < 4.78 is 5.30. The maximum atomic E-state index is 12.5. The molecule has 0 radical (unpaired) electrons. The normalized spacial score (nSPS) is 14.8. The molecule has 166 valence electrons. The summed E-state index contributed by atoms with van der Waals surface area (Å²) in [5.74, 6) is 0.0951. The molecule has 0 saturated carbocycles. The number of rotatable bonds is 7. The molecule has 0 spiro atoms. The Morgan fingerprint density at radius 2 is 1.72 bits per heavy atom. The third-order valence-electron chi connectivity index (χ3n) is 5.29. The molecule has 2 heterocycles. The van der Waals surface area contributed by atoms with Crippen molar-refractivity contribution in [1.29, 1.82) is 0 Å². The van der Waals surface area contributed by atoms with E-state index in [1.807, 2.05) is 36.4 Å². The summed E-state index contributed by atoms with van der Waals surface area (Å²) >= 11 is 1.14. The summed E-state index contributed by atoms with van der Waals surface area (Å²) in [7, 11) is 0. The lowest BCUT2D eigenvalue weighted by atomic mass is 10.2. The predicted octanol–water partition coefficient (Wildman–Crippen LogP) is 2.57. The Bertz CT molecular complexity index is 1040. The number of hydrogen-bond acceptors (Lipinski definition) is 7. The highest BCUT2D eigenvalue weighted by molar-refractivity contribution is 8.14. The highest BCUT2D eigenvalue weighted by Gasteiger charge is 2.27. The number of anilines is 2. The van der Waals surface area contributed by atoms with Gasteiger partial charge in [-0.25, -0.2) is 0 Å². The van der Waals surface area contributed by atoms with Gasteiger partial charge >= 0.3 is 5.88 Å². The van der Waals surface area contributed by atoms with E-state index in [2.05, 4.69) is 32.6 Å². The standard InChI is InChI=1S/C23H25N5O3S/c1-18(17-32-23(30)19-8-4-2-5-9-19)22(29)24-21-16-28(25-31-21)27-14-12-26(13-15-27)20-10-6-3-7-11-20/h2-11,16,18H,12-15,17H2,1H3/p+1/t18-/m1/s1. The molecule has 1 aromatic heterocycles. The van der Waals surface area contributed by atoms with Crippen LogP contribution in [-0.2, 0) is 4.79 Å². The van der Waals surface area contributed by atoms with E-state index in [-0.39, 0.29) is 22.8 Å². The lowest BCUT2D eigenvalue weighted by Crippen LogP contribution is -2.65. The lowest BCUT2D eigenvalue weighted by molar-refractivity contribution is -0.758. The van der Waals surface area contributed by atoms with Crippen molar-refractivity contribution >= 4 is 34.4 Å². The molecule has 1 N–H and O–H groups in total. The second-order valence-corrected chi connectivity index (χ2v) is 8.61. The minimum atomic E-state index is -0.361. The summed E-state index contributed by atoms with van der Waals surface area (Å²) in [5, 5.41) is 8.81. The van der Waals surface area contributed by atoms with Crippen molar-refractivity contribution in [3.8, 4) is 0 Å². The van der Waals surface area contributed by atoms with E-state index in [9.17, 15) is 9.59 Å². The summed E-state index contributed by atoms with van der Waals surface area (Å²) in [4.78, 5) is 28.7. The molecule has 4 rings (SSSR count). The van der Waals surface area contributed by atoms with Crippen molar-refractivity contribution in [2.24, 2.45) is 5.92 Å². The van der Waals surface area contributed by atoms with Crippen molar-refractivity contribution in [2.75, 3.05) is 47.2 Å². The Kier molecular flexibility index (Phi) is 7.06. The van der Waals surface area contributed by atoms with E-state index in [1.165, 1.54) is 5.69 Å². The van der Waals surface area contributed by atoms with Crippen LogP contribution in [0.2, 0.25) is 0 Å². The topological polar surface area (TPSA) is 82.6 Å².